The lowest BCUT2D eigenvalue weighted by Gasteiger charge is -2.35. The fourth-order valence-electron chi connectivity index (χ4n) is 1.13. The van der Waals surface area contributed by atoms with Crippen LogP contribution in [0, 0.1) is 0 Å². The molecule has 0 aromatic carbocycles. The monoisotopic (exact) mass is 191 g/mol. The third-order valence-corrected chi connectivity index (χ3v) is 1.85. The number of carbonyl (C=O) groups excluding carboxylic acids is 1. The first-order valence-electron chi connectivity index (χ1n) is 3.95. The summed E-state index contributed by atoms with van der Waals surface area (Å²) < 4.78 is 4.89. The fraction of sp³-hybridized carbons (Fsp3) is 0.857. The SMILES string of the molecule is CC(=O)NC1OCC(O)C(O)C1O. The molecule has 1 aliphatic heterocycles. The van der Waals surface area contributed by atoms with E-state index in [1.54, 1.807) is 0 Å². The highest BCUT2D eigenvalue weighted by atomic mass is 16.5. The molecule has 0 saturated carbocycles. The molecule has 0 aromatic heterocycles. The van der Waals surface area contributed by atoms with E-state index in [4.69, 9.17) is 9.84 Å². The van der Waals surface area contributed by atoms with Gasteiger partial charge in [0.15, 0.2) is 6.23 Å². The molecule has 0 radical (unpaired) electrons. The zero-order valence-corrected chi connectivity index (χ0v) is 7.17. The van der Waals surface area contributed by atoms with E-state index in [2.05, 4.69) is 5.32 Å². The van der Waals surface area contributed by atoms with Crippen LogP contribution < -0.4 is 5.32 Å². The van der Waals surface area contributed by atoms with Crippen LogP contribution in [0.2, 0.25) is 0 Å². The standard InChI is InChI=1S/C7H13NO5/c1-3(9)8-7-6(12)5(11)4(10)2-13-7/h4-7,10-12H,2H2,1H3,(H,8,9). The summed E-state index contributed by atoms with van der Waals surface area (Å²) in [4.78, 5) is 10.6. The number of aliphatic hydroxyl groups excluding tert-OH is 3. The maximum atomic E-state index is 10.6. The molecule has 1 amide bonds. The van der Waals surface area contributed by atoms with E-state index in [-0.39, 0.29) is 12.5 Å². The Morgan fingerprint density at radius 1 is 1.38 bits per heavy atom. The predicted octanol–water partition coefficient (Wildman–Crippen LogP) is -2.44. The van der Waals surface area contributed by atoms with Crippen molar-refractivity contribution in [1.29, 1.82) is 0 Å². The van der Waals surface area contributed by atoms with E-state index in [0.29, 0.717) is 0 Å². The molecule has 1 saturated heterocycles. The van der Waals surface area contributed by atoms with Gasteiger partial charge in [-0.15, -0.1) is 0 Å². The number of rotatable bonds is 1. The number of ether oxygens (including phenoxy) is 1. The molecular formula is C7H13NO5. The molecule has 6 heteroatoms. The zero-order chi connectivity index (χ0) is 10.0. The van der Waals surface area contributed by atoms with Gasteiger partial charge in [0.05, 0.1) is 6.61 Å². The Hall–Kier alpha value is -0.690. The topological polar surface area (TPSA) is 99.0 Å². The number of amides is 1. The number of aliphatic hydroxyl groups is 3. The summed E-state index contributed by atoms with van der Waals surface area (Å²) in [5.41, 5.74) is 0. The van der Waals surface area contributed by atoms with E-state index in [1.807, 2.05) is 0 Å². The van der Waals surface area contributed by atoms with Gasteiger partial charge in [-0.05, 0) is 0 Å². The minimum atomic E-state index is -1.30. The summed E-state index contributed by atoms with van der Waals surface area (Å²) in [6, 6.07) is 0. The van der Waals surface area contributed by atoms with E-state index in [1.165, 1.54) is 6.92 Å². The normalized spacial score (nSPS) is 40.0. The second-order valence-electron chi connectivity index (χ2n) is 3.00. The van der Waals surface area contributed by atoms with Crippen LogP contribution in [0.5, 0.6) is 0 Å². The van der Waals surface area contributed by atoms with Crippen molar-refractivity contribution < 1.29 is 24.9 Å². The Bertz CT molecular complexity index is 197. The van der Waals surface area contributed by atoms with E-state index < -0.39 is 24.5 Å². The minimum Gasteiger partial charge on any atom is -0.388 e. The van der Waals surface area contributed by atoms with Crippen molar-refractivity contribution in [2.45, 2.75) is 31.5 Å². The number of nitrogens with one attached hydrogen (secondary N) is 1. The molecule has 4 unspecified atom stereocenters. The number of hydrogen-bond acceptors (Lipinski definition) is 5. The van der Waals surface area contributed by atoms with Crippen molar-refractivity contribution in [1.82, 2.24) is 5.32 Å². The molecule has 1 fully saturated rings. The lowest BCUT2D eigenvalue weighted by Crippen LogP contribution is -2.58. The Morgan fingerprint density at radius 2 is 2.00 bits per heavy atom. The molecule has 0 spiro atoms. The Balaban J connectivity index is 2.53. The quantitative estimate of drug-likeness (QED) is 0.369. The van der Waals surface area contributed by atoms with Gasteiger partial charge in [-0.25, -0.2) is 0 Å². The molecule has 76 valence electrons. The van der Waals surface area contributed by atoms with Gasteiger partial charge in [0.25, 0.3) is 0 Å². The summed E-state index contributed by atoms with van der Waals surface area (Å²) in [6.45, 7) is 1.16. The van der Waals surface area contributed by atoms with Gasteiger partial charge < -0.3 is 25.4 Å². The third kappa shape index (κ3) is 2.38. The summed E-state index contributed by atoms with van der Waals surface area (Å²) >= 11 is 0. The van der Waals surface area contributed by atoms with Crippen LogP contribution in [0.1, 0.15) is 6.92 Å². The molecule has 0 bridgehead atoms. The van der Waals surface area contributed by atoms with Crippen molar-refractivity contribution in [3.63, 3.8) is 0 Å². The highest BCUT2D eigenvalue weighted by molar-refractivity contribution is 5.73. The van der Waals surface area contributed by atoms with Gasteiger partial charge in [0.1, 0.15) is 18.3 Å². The average Bonchev–Trinajstić information content (AvgIpc) is 2.06. The van der Waals surface area contributed by atoms with Crippen LogP contribution >= 0.6 is 0 Å². The first-order chi connectivity index (χ1) is 6.02. The first kappa shape index (κ1) is 10.4. The van der Waals surface area contributed by atoms with Gasteiger partial charge in [-0.2, -0.15) is 0 Å². The maximum absolute atomic E-state index is 10.6. The van der Waals surface area contributed by atoms with Gasteiger partial charge in [0.2, 0.25) is 5.91 Å². The molecule has 4 N–H and O–H groups in total. The van der Waals surface area contributed by atoms with Crippen LogP contribution in [0.3, 0.4) is 0 Å². The highest BCUT2D eigenvalue weighted by Crippen LogP contribution is 2.13. The molecule has 4 atom stereocenters. The van der Waals surface area contributed by atoms with Crippen LogP contribution in [0.15, 0.2) is 0 Å². The smallest absolute Gasteiger partial charge is 0.218 e. The van der Waals surface area contributed by atoms with Crippen LogP contribution in [-0.4, -0.2) is 52.4 Å². The lowest BCUT2D eigenvalue weighted by molar-refractivity contribution is -0.196. The molecule has 6 nitrogen and oxygen atoms in total. The van der Waals surface area contributed by atoms with Gasteiger partial charge in [-0.1, -0.05) is 0 Å². The van der Waals surface area contributed by atoms with Gasteiger partial charge in [-0.3, -0.25) is 4.79 Å². The third-order valence-electron chi connectivity index (χ3n) is 1.85. The summed E-state index contributed by atoms with van der Waals surface area (Å²) in [7, 11) is 0. The van der Waals surface area contributed by atoms with Gasteiger partial charge in [0, 0.05) is 6.92 Å². The molecule has 13 heavy (non-hydrogen) atoms. The van der Waals surface area contributed by atoms with Crippen molar-refractivity contribution in [2.24, 2.45) is 0 Å². The Labute approximate surface area is 75.1 Å². The maximum Gasteiger partial charge on any atom is 0.218 e. The predicted molar refractivity (Wildman–Crippen MR) is 41.6 cm³/mol. The van der Waals surface area contributed by atoms with Crippen molar-refractivity contribution in [2.75, 3.05) is 6.61 Å². The molecule has 1 heterocycles. The molecule has 1 rings (SSSR count). The van der Waals surface area contributed by atoms with Crippen LogP contribution in [0.4, 0.5) is 0 Å². The largest absolute Gasteiger partial charge is 0.388 e. The Kier molecular flexibility index (Phi) is 3.21. The second kappa shape index (κ2) is 4.01. The van der Waals surface area contributed by atoms with E-state index in [9.17, 15) is 15.0 Å². The summed E-state index contributed by atoms with van der Waals surface area (Å²) in [5, 5.41) is 29.9. The fourth-order valence-corrected chi connectivity index (χ4v) is 1.13. The molecular weight excluding hydrogens is 178 g/mol. The molecule has 1 aliphatic rings. The van der Waals surface area contributed by atoms with Crippen molar-refractivity contribution >= 4 is 5.91 Å². The summed E-state index contributed by atoms with van der Waals surface area (Å²) in [6.07, 6.45) is -4.64. The summed E-state index contributed by atoms with van der Waals surface area (Å²) in [5.74, 6) is -0.368. The van der Waals surface area contributed by atoms with Crippen LogP contribution in [0.25, 0.3) is 0 Å². The van der Waals surface area contributed by atoms with Crippen molar-refractivity contribution in [3.8, 4) is 0 Å². The lowest BCUT2D eigenvalue weighted by atomic mass is 10.0. The van der Waals surface area contributed by atoms with Crippen molar-refractivity contribution in [3.05, 3.63) is 0 Å². The highest BCUT2D eigenvalue weighted by Gasteiger charge is 2.37. The average molecular weight is 191 g/mol. The number of carbonyl (C=O) groups is 1. The second-order valence-corrected chi connectivity index (χ2v) is 3.00. The Morgan fingerprint density at radius 3 is 2.54 bits per heavy atom. The molecule has 0 aliphatic carbocycles. The zero-order valence-electron chi connectivity index (χ0n) is 7.17. The van der Waals surface area contributed by atoms with Crippen LogP contribution in [-0.2, 0) is 9.53 Å². The molecule has 0 aromatic rings. The van der Waals surface area contributed by atoms with E-state index in [0.717, 1.165) is 0 Å². The van der Waals surface area contributed by atoms with E-state index >= 15 is 0 Å². The minimum absolute atomic E-state index is 0.108. The number of hydrogen-bond donors (Lipinski definition) is 4. The van der Waals surface area contributed by atoms with Gasteiger partial charge >= 0.3 is 0 Å². The first-order valence-corrected chi connectivity index (χ1v) is 3.95.